The number of anilines is 1. The molecule has 0 aliphatic rings. The van der Waals surface area contributed by atoms with Crippen molar-refractivity contribution in [3.05, 3.63) is 17.9 Å². The van der Waals surface area contributed by atoms with Crippen LogP contribution in [0.3, 0.4) is 0 Å². The van der Waals surface area contributed by atoms with Crippen molar-refractivity contribution >= 4 is 5.88 Å². The monoisotopic (exact) mass is 153 g/mol. The predicted octanol–water partition coefficient (Wildman–Crippen LogP) is 2.43. The highest BCUT2D eigenvalue weighted by molar-refractivity contribution is 5.35. The van der Waals surface area contributed by atoms with Crippen LogP contribution < -0.4 is 4.90 Å². The number of hydrogen-bond acceptors (Lipinski definition) is 2. The van der Waals surface area contributed by atoms with Gasteiger partial charge in [-0.2, -0.15) is 0 Å². The maximum atomic E-state index is 5.45. The van der Waals surface area contributed by atoms with Crippen LogP contribution in [-0.2, 0) is 0 Å². The summed E-state index contributed by atoms with van der Waals surface area (Å²) in [5, 5.41) is 0. The van der Waals surface area contributed by atoms with E-state index in [-0.39, 0.29) is 0 Å². The summed E-state index contributed by atoms with van der Waals surface area (Å²) in [6.07, 6.45) is 0. The number of aryl methyl sites for hydroxylation is 1. The summed E-state index contributed by atoms with van der Waals surface area (Å²) < 4.78 is 5.45. The fourth-order valence-corrected chi connectivity index (χ4v) is 1.13. The van der Waals surface area contributed by atoms with Gasteiger partial charge >= 0.3 is 0 Å². The molecule has 2 heteroatoms. The molecule has 0 aromatic carbocycles. The molecule has 2 nitrogen and oxygen atoms in total. The van der Waals surface area contributed by atoms with E-state index >= 15 is 0 Å². The lowest BCUT2D eigenvalue weighted by molar-refractivity contribution is 0.522. The van der Waals surface area contributed by atoms with Crippen molar-refractivity contribution in [2.45, 2.75) is 20.8 Å². The zero-order valence-electron chi connectivity index (χ0n) is 7.42. The van der Waals surface area contributed by atoms with Crippen LogP contribution in [0.1, 0.15) is 19.6 Å². The SMILES string of the molecule is CCN(CC)c1ccc(C)o1. The second kappa shape index (κ2) is 3.46. The van der Waals surface area contributed by atoms with Crippen molar-refractivity contribution in [1.82, 2.24) is 0 Å². The number of nitrogens with zero attached hydrogens (tertiary/aromatic N) is 1. The molecule has 1 aromatic rings. The first kappa shape index (κ1) is 8.18. The topological polar surface area (TPSA) is 16.4 Å². The maximum absolute atomic E-state index is 5.45. The molecule has 0 aliphatic heterocycles. The summed E-state index contributed by atoms with van der Waals surface area (Å²) in [6.45, 7) is 8.22. The fraction of sp³-hybridized carbons (Fsp3) is 0.556. The Hall–Kier alpha value is -0.920. The van der Waals surface area contributed by atoms with Crippen LogP contribution in [0.15, 0.2) is 16.5 Å². The van der Waals surface area contributed by atoms with Gasteiger partial charge in [-0.05, 0) is 26.8 Å². The molecule has 0 fully saturated rings. The number of rotatable bonds is 3. The molecule has 0 amide bonds. The first-order chi connectivity index (χ1) is 5.27. The van der Waals surface area contributed by atoms with E-state index in [0.29, 0.717) is 0 Å². The van der Waals surface area contributed by atoms with E-state index in [0.717, 1.165) is 24.7 Å². The Morgan fingerprint density at radius 3 is 2.27 bits per heavy atom. The van der Waals surface area contributed by atoms with Crippen molar-refractivity contribution in [3.8, 4) is 0 Å². The van der Waals surface area contributed by atoms with Gasteiger partial charge in [0.2, 0.25) is 0 Å². The highest BCUT2D eigenvalue weighted by atomic mass is 16.4. The van der Waals surface area contributed by atoms with Crippen molar-refractivity contribution < 1.29 is 4.42 Å². The van der Waals surface area contributed by atoms with E-state index in [1.807, 2.05) is 19.1 Å². The van der Waals surface area contributed by atoms with Crippen LogP contribution >= 0.6 is 0 Å². The minimum absolute atomic E-state index is 0.979. The average Bonchev–Trinajstić information content (AvgIpc) is 2.39. The van der Waals surface area contributed by atoms with Crippen LogP contribution in [0.25, 0.3) is 0 Å². The van der Waals surface area contributed by atoms with Gasteiger partial charge in [0, 0.05) is 19.2 Å². The van der Waals surface area contributed by atoms with E-state index in [1.165, 1.54) is 0 Å². The third-order valence-electron chi connectivity index (χ3n) is 1.80. The van der Waals surface area contributed by atoms with E-state index < -0.39 is 0 Å². The van der Waals surface area contributed by atoms with Gasteiger partial charge in [-0.3, -0.25) is 0 Å². The third-order valence-corrected chi connectivity index (χ3v) is 1.80. The summed E-state index contributed by atoms with van der Waals surface area (Å²) >= 11 is 0. The van der Waals surface area contributed by atoms with Crippen LogP contribution in [0, 0.1) is 6.92 Å². The van der Waals surface area contributed by atoms with Gasteiger partial charge in [-0.25, -0.2) is 0 Å². The lowest BCUT2D eigenvalue weighted by Gasteiger charge is -2.16. The van der Waals surface area contributed by atoms with Crippen LogP contribution in [0.2, 0.25) is 0 Å². The standard InChI is InChI=1S/C9H15NO/c1-4-10(5-2)9-7-6-8(3)11-9/h6-7H,4-5H2,1-3H3. The zero-order chi connectivity index (χ0) is 8.27. The normalized spacial score (nSPS) is 10.1. The summed E-state index contributed by atoms with van der Waals surface area (Å²) in [5.41, 5.74) is 0. The Balaban J connectivity index is 2.73. The van der Waals surface area contributed by atoms with Gasteiger partial charge in [-0.15, -0.1) is 0 Å². The molecule has 11 heavy (non-hydrogen) atoms. The minimum atomic E-state index is 0.979. The Morgan fingerprint density at radius 1 is 1.27 bits per heavy atom. The van der Waals surface area contributed by atoms with E-state index in [2.05, 4.69) is 18.7 Å². The Bertz CT molecular complexity index is 213. The minimum Gasteiger partial charge on any atom is -0.446 e. The summed E-state index contributed by atoms with van der Waals surface area (Å²) in [7, 11) is 0. The van der Waals surface area contributed by atoms with Crippen LogP contribution in [0.4, 0.5) is 5.88 Å². The highest BCUT2D eigenvalue weighted by Crippen LogP contribution is 2.16. The third kappa shape index (κ3) is 1.76. The van der Waals surface area contributed by atoms with Gasteiger partial charge in [-0.1, -0.05) is 0 Å². The highest BCUT2D eigenvalue weighted by Gasteiger charge is 2.04. The summed E-state index contributed by atoms with van der Waals surface area (Å²) in [6, 6.07) is 4.01. The molecular formula is C9H15NO. The van der Waals surface area contributed by atoms with Gasteiger partial charge in [0.1, 0.15) is 5.76 Å². The second-order valence-electron chi connectivity index (χ2n) is 2.56. The van der Waals surface area contributed by atoms with Crippen LogP contribution in [0.5, 0.6) is 0 Å². The summed E-state index contributed by atoms with van der Waals surface area (Å²) in [4.78, 5) is 2.19. The van der Waals surface area contributed by atoms with Gasteiger partial charge in [0.25, 0.3) is 0 Å². The largest absolute Gasteiger partial charge is 0.446 e. The van der Waals surface area contributed by atoms with Crippen molar-refractivity contribution in [2.24, 2.45) is 0 Å². The quantitative estimate of drug-likeness (QED) is 0.663. The van der Waals surface area contributed by atoms with Crippen molar-refractivity contribution in [3.63, 3.8) is 0 Å². The van der Waals surface area contributed by atoms with Crippen LogP contribution in [-0.4, -0.2) is 13.1 Å². The zero-order valence-corrected chi connectivity index (χ0v) is 7.42. The van der Waals surface area contributed by atoms with Crippen molar-refractivity contribution in [1.29, 1.82) is 0 Å². The molecule has 1 rings (SSSR count). The fourth-order valence-electron chi connectivity index (χ4n) is 1.13. The molecule has 0 bridgehead atoms. The van der Waals surface area contributed by atoms with Crippen molar-refractivity contribution in [2.75, 3.05) is 18.0 Å². The molecule has 1 heterocycles. The predicted molar refractivity (Wildman–Crippen MR) is 47.0 cm³/mol. The molecule has 0 saturated heterocycles. The molecule has 0 N–H and O–H groups in total. The smallest absolute Gasteiger partial charge is 0.195 e. The molecular weight excluding hydrogens is 138 g/mol. The maximum Gasteiger partial charge on any atom is 0.195 e. The van der Waals surface area contributed by atoms with Gasteiger partial charge in [0.15, 0.2) is 5.88 Å². The Morgan fingerprint density at radius 2 is 1.91 bits per heavy atom. The van der Waals surface area contributed by atoms with E-state index in [9.17, 15) is 0 Å². The molecule has 0 saturated carbocycles. The van der Waals surface area contributed by atoms with Gasteiger partial charge in [0.05, 0.1) is 0 Å². The molecule has 0 radical (unpaired) electrons. The lowest BCUT2D eigenvalue weighted by Crippen LogP contribution is -2.20. The summed E-state index contributed by atoms with van der Waals surface area (Å²) in [5.74, 6) is 1.96. The average molecular weight is 153 g/mol. The Kier molecular flexibility index (Phi) is 2.58. The number of hydrogen-bond donors (Lipinski definition) is 0. The Labute approximate surface area is 67.8 Å². The van der Waals surface area contributed by atoms with E-state index in [1.54, 1.807) is 0 Å². The first-order valence-corrected chi connectivity index (χ1v) is 4.09. The molecule has 0 unspecified atom stereocenters. The molecule has 0 spiro atoms. The molecule has 0 atom stereocenters. The lowest BCUT2D eigenvalue weighted by atomic mass is 10.4. The van der Waals surface area contributed by atoms with E-state index in [4.69, 9.17) is 4.42 Å². The molecule has 0 aliphatic carbocycles. The molecule has 62 valence electrons. The first-order valence-electron chi connectivity index (χ1n) is 4.09. The number of furan rings is 1. The molecule has 1 aromatic heterocycles. The second-order valence-corrected chi connectivity index (χ2v) is 2.56. The van der Waals surface area contributed by atoms with Gasteiger partial charge < -0.3 is 9.32 Å².